The van der Waals surface area contributed by atoms with E-state index in [1.54, 1.807) is 24.3 Å². The van der Waals surface area contributed by atoms with Crippen LogP contribution >= 0.6 is 0 Å². The van der Waals surface area contributed by atoms with Gasteiger partial charge < -0.3 is 10.6 Å². The van der Waals surface area contributed by atoms with E-state index in [1.807, 2.05) is 0 Å². The van der Waals surface area contributed by atoms with Crippen molar-refractivity contribution in [1.29, 1.82) is 0 Å². The highest BCUT2D eigenvalue weighted by molar-refractivity contribution is 6.26. The lowest BCUT2D eigenvalue weighted by Crippen LogP contribution is -2.25. The van der Waals surface area contributed by atoms with Crippen molar-refractivity contribution in [2.75, 3.05) is 13.1 Å². The first-order valence-corrected chi connectivity index (χ1v) is 8.81. The molecule has 0 aromatic heterocycles. The van der Waals surface area contributed by atoms with E-state index in [0.29, 0.717) is 61.0 Å². The van der Waals surface area contributed by atoms with E-state index in [0.717, 1.165) is 0 Å². The van der Waals surface area contributed by atoms with E-state index < -0.39 is 0 Å². The zero-order chi connectivity index (χ0) is 19.1. The summed E-state index contributed by atoms with van der Waals surface area (Å²) < 4.78 is 0. The molecular formula is C20H24N2O4. The standard InChI is InChI=1S/C20H24N2O4/c1-13(23)21-11-5-9-17-18(10-6-12-22-14(2)24)20(26)16-8-4-3-7-15(16)19(17)25/h3-4,7-8H,5-6,9-12H2,1-2H3,(H,21,23)(H,22,24). The maximum atomic E-state index is 12.9. The third-order valence-corrected chi connectivity index (χ3v) is 4.28. The molecule has 2 amide bonds. The quantitative estimate of drug-likeness (QED) is 0.699. The minimum absolute atomic E-state index is 0.113. The van der Waals surface area contributed by atoms with Gasteiger partial charge in [0.1, 0.15) is 0 Å². The van der Waals surface area contributed by atoms with E-state index >= 15 is 0 Å². The second kappa shape index (κ2) is 9.08. The summed E-state index contributed by atoms with van der Waals surface area (Å²) in [5.41, 5.74) is 1.94. The van der Waals surface area contributed by atoms with Crippen LogP contribution in [-0.4, -0.2) is 36.5 Å². The molecule has 0 fully saturated rings. The maximum Gasteiger partial charge on any atom is 0.216 e. The molecule has 0 heterocycles. The van der Waals surface area contributed by atoms with E-state index in [4.69, 9.17) is 0 Å². The Labute approximate surface area is 153 Å². The Morgan fingerprint density at radius 3 is 1.50 bits per heavy atom. The van der Waals surface area contributed by atoms with E-state index in [9.17, 15) is 19.2 Å². The molecular weight excluding hydrogens is 332 g/mol. The summed E-state index contributed by atoms with van der Waals surface area (Å²) in [6, 6.07) is 6.86. The lowest BCUT2D eigenvalue weighted by molar-refractivity contribution is -0.119. The van der Waals surface area contributed by atoms with Gasteiger partial charge in [0.2, 0.25) is 11.8 Å². The molecule has 0 unspecified atom stereocenters. The summed E-state index contributed by atoms with van der Waals surface area (Å²) >= 11 is 0. The highest BCUT2D eigenvalue weighted by atomic mass is 16.2. The van der Waals surface area contributed by atoms with Gasteiger partial charge in [0.25, 0.3) is 0 Å². The van der Waals surface area contributed by atoms with Crippen LogP contribution < -0.4 is 10.6 Å². The summed E-state index contributed by atoms with van der Waals surface area (Å²) in [5, 5.41) is 5.41. The summed E-state index contributed by atoms with van der Waals surface area (Å²) in [4.78, 5) is 47.7. The molecule has 1 aliphatic rings. The number of ketones is 2. The molecule has 0 radical (unpaired) electrons. The lowest BCUT2D eigenvalue weighted by atomic mass is 9.80. The first-order valence-electron chi connectivity index (χ1n) is 8.81. The molecule has 0 aliphatic heterocycles. The van der Waals surface area contributed by atoms with Crippen LogP contribution in [0.4, 0.5) is 0 Å². The van der Waals surface area contributed by atoms with Crippen LogP contribution in [0.3, 0.4) is 0 Å². The zero-order valence-corrected chi connectivity index (χ0v) is 15.2. The number of allylic oxidation sites excluding steroid dienone is 2. The van der Waals surface area contributed by atoms with Crippen molar-refractivity contribution in [1.82, 2.24) is 10.6 Å². The Bertz CT molecular complexity index is 702. The van der Waals surface area contributed by atoms with Crippen molar-refractivity contribution in [3.8, 4) is 0 Å². The normalized spacial score (nSPS) is 13.5. The first kappa shape index (κ1) is 19.6. The van der Waals surface area contributed by atoms with Crippen molar-refractivity contribution in [3.63, 3.8) is 0 Å². The van der Waals surface area contributed by atoms with Gasteiger partial charge in [-0.15, -0.1) is 0 Å². The molecule has 6 nitrogen and oxygen atoms in total. The molecule has 1 aromatic carbocycles. The highest BCUT2D eigenvalue weighted by Gasteiger charge is 2.30. The number of amides is 2. The molecule has 138 valence electrons. The van der Waals surface area contributed by atoms with Crippen molar-refractivity contribution in [2.45, 2.75) is 39.5 Å². The van der Waals surface area contributed by atoms with Crippen molar-refractivity contribution in [2.24, 2.45) is 0 Å². The maximum absolute atomic E-state index is 12.9. The van der Waals surface area contributed by atoms with Gasteiger partial charge in [0, 0.05) is 49.2 Å². The van der Waals surface area contributed by atoms with Crippen molar-refractivity contribution >= 4 is 23.4 Å². The third-order valence-electron chi connectivity index (χ3n) is 4.28. The summed E-state index contributed by atoms with van der Waals surface area (Å²) in [6.07, 6.45) is 2.06. The monoisotopic (exact) mass is 356 g/mol. The molecule has 2 N–H and O–H groups in total. The van der Waals surface area contributed by atoms with Crippen LogP contribution in [0.5, 0.6) is 0 Å². The van der Waals surface area contributed by atoms with E-state index in [2.05, 4.69) is 10.6 Å². The Hall–Kier alpha value is -2.76. The molecule has 0 atom stereocenters. The number of Topliss-reactive ketones (excluding diaryl/α,β-unsaturated/α-hetero) is 2. The molecule has 2 rings (SSSR count). The first-order chi connectivity index (χ1) is 12.4. The van der Waals surface area contributed by atoms with Crippen LogP contribution in [0.1, 0.15) is 60.2 Å². The molecule has 1 aromatic rings. The fraction of sp³-hybridized carbons (Fsp3) is 0.400. The molecule has 6 heteroatoms. The zero-order valence-electron chi connectivity index (χ0n) is 15.2. The predicted octanol–water partition coefficient (Wildman–Crippen LogP) is 2.19. The number of hydrogen-bond acceptors (Lipinski definition) is 4. The number of carbonyl (C=O) groups excluding carboxylic acids is 4. The summed E-state index contributed by atoms with van der Waals surface area (Å²) in [5.74, 6) is -0.466. The van der Waals surface area contributed by atoms with Gasteiger partial charge in [-0.2, -0.15) is 0 Å². The van der Waals surface area contributed by atoms with E-state index in [1.165, 1.54) is 13.8 Å². The number of nitrogens with one attached hydrogen (secondary N) is 2. The van der Waals surface area contributed by atoms with Gasteiger partial charge in [-0.25, -0.2) is 0 Å². The van der Waals surface area contributed by atoms with Crippen LogP contribution in [0, 0.1) is 0 Å². The van der Waals surface area contributed by atoms with Gasteiger partial charge in [0.15, 0.2) is 11.6 Å². The molecule has 0 saturated heterocycles. The Morgan fingerprint density at radius 1 is 0.769 bits per heavy atom. The topological polar surface area (TPSA) is 92.3 Å². The summed E-state index contributed by atoms with van der Waals surface area (Å²) in [6.45, 7) is 3.80. The largest absolute Gasteiger partial charge is 0.356 e. The van der Waals surface area contributed by atoms with Gasteiger partial charge in [0.05, 0.1) is 0 Å². The van der Waals surface area contributed by atoms with Crippen LogP contribution in [0.15, 0.2) is 35.4 Å². The number of rotatable bonds is 8. The van der Waals surface area contributed by atoms with Crippen LogP contribution in [0.2, 0.25) is 0 Å². The average molecular weight is 356 g/mol. The van der Waals surface area contributed by atoms with Gasteiger partial charge >= 0.3 is 0 Å². The molecule has 0 bridgehead atoms. The molecule has 26 heavy (non-hydrogen) atoms. The van der Waals surface area contributed by atoms with Crippen LogP contribution in [-0.2, 0) is 9.59 Å². The minimum Gasteiger partial charge on any atom is -0.356 e. The summed E-state index contributed by atoms with van der Waals surface area (Å²) in [7, 11) is 0. The fourth-order valence-electron chi connectivity index (χ4n) is 3.07. The molecule has 0 spiro atoms. The number of hydrogen-bond donors (Lipinski definition) is 2. The van der Waals surface area contributed by atoms with Gasteiger partial charge in [-0.3, -0.25) is 19.2 Å². The smallest absolute Gasteiger partial charge is 0.216 e. The molecule has 1 aliphatic carbocycles. The van der Waals surface area contributed by atoms with Crippen molar-refractivity contribution in [3.05, 3.63) is 46.5 Å². The Kier molecular flexibility index (Phi) is 6.83. The predicted molar refractivity (Wildman–Crippen MR) is 98.0 cm³/mol. The lowest BCUT2D eigenvalue weighted by Gasteiger charge is -2.21. The number of carbonyl (C=O) groups is 4. The van der Waals surface area contributed by atoms with Gasteiger partial charge in [-0.05, 0) is 25.7 Å². The SMILES string of the molecule is CC(=O)NCCCC1=C(CCCNC(C)=O)C(=O)c2ccccc2C1=O. The van der Waals surface area contributed by atoms with Crippen LogP contribution in [0.25, 0.3) is 0 Å². The second-order valence-corrected chi connectivity index (χ2v) is 6.33. The highest BCUT2D eigenvalue weighted by Crippen LogP contribution is 2.31. The third kappa shape index (κ3) is 4.88. The molecule has 0 saturated carbocycles. The van der Waals surface area contributed by atoms with E-state index in [-0.39, 0.29) is 23.4 Å². The van der Waals surface area contributed by atoms with Crippen molar-refractivity contribution < 1.29 is 19.2 Å². The number of benzene rings is 1. The number of fused-ring (bicyclic) bond motifs is 1. The average Bonchev–Trinajstić information content (AvgIpc) is 2.60. The Balaban J connectivity index is 2.19. The Morgan fingerprint density at radius 2 is 1.15 bits per heavy atom. The second-order valence-electron chi connectivity index (χ2n) is 6.33. The fourth-order valence-corrected chi connectivity index (χ4v) is 3.07. The van der Waals surface area contributed by atoms with Gasteiger partial charge in [-0.1, -0.05) is 24.3 Å². The minimum atomic E-state index is -0.120.